The molecule has 0 aliphatic carbocycles. The maximum absolute atomic E-state index is 5.57. The van der Waals surface area contributed by atoms with E-state index in [4.69, 9.17) is 10.5 Å². The highest BCUT2D eigenvalue weighted by molar-refractivity contribution is 5.10. The lowest BCUT2D eigenvalue weighted by Gasteiger charge is -2.10. The van der Waals surface area contributed by atoms with Gasteiger partial charge in [0, 0.05) is 6.54 Å². The van der Waals surface area contributed by atoms with Gasteiger partial charge in [-0.1, -0.05) is 13.0 Å². The Morgan fingerprint density at radius 2 is 2.14 bits per heavy atom. The third-order valence-corrected chi connectivity index (χ3v) is 2.16. The first-order chi connectivity index (χ1) is 6.76. The molecule has 3 heteroatoms. The van der Waals surface area contributed by atoms with Crippen LogP contribution in [0, 0.1) is 0 Å². The topological polar surface area (TPSA) is 48.1 Å². The summed E-state index contributed by atoms with van der Waals surface area (Å²) < 4.78 is 5.57. The molecule has 0 bridgehead atoms. The highest BCUT2D eigenvalue weighted by Crippen LogP contribution is 2.04. The van der Waals surface area contributed by atoms with Crippen molar-refractivity contribution in [2.45, 2.75) is 39.5 Å². The lowest BCUT2D eigenvalue weighted by Crippen LogP contribution is -2.08. The van der Waals surface area contributed by atoms with Gasteiger partial charge in [-0.25, -0.2) is 0 Å². The third kappa shape index (κ3) is 3.44. The quantitative estimate of drug-likeness (QED) is 0.778. The molecule has 1 atom stereocenters. The second-order valence-electron chi connectivity index (χ2n) is 3.35. The van der Waals surface area contributed by atoms with Crippen molar-refractivity contribution < 1.29 is 4.74 Å². The minimum absolute atomic E-state index is 0.290. The Kier molecular flexibility index (Phi) is 4.56. The van der Waals surface area contributed by atoms with Gasteiger partial charge in [0.1, 0.15) is 0 Å². The van der Waals surface area contributed by atoms with E-state index in [9.17, 15) is 0 Å². The van der Waals surface area contributed by atoms with Gasteiger partial charge in [0.25, 0.3) is 0 Å². The van der Waals surface area contributed by atoms with Crippen LogP contribution in [-0.2, 0) is 17.9 Å². The first-order valence-electron chi connectivity index (χ1n) is 5.02. The average Bonchev–Trinajstić information content (AvgIpc) is 2.26. The Hall–Kier alpha value is -0.930. The molecule has 78 valence electrons. The molecule has 14 heavy (non-hydrogen) atoms. The van der Waals surface area contributed by atoms with Crippen molar-refractivity contribution in [3.05, 3.63) is 29.6 Å². The zero-order valence-electron chi connectivity index (χ0n) is 8.86. The largest absolute Gasteiger partial charge is 0.372 e. The van der Waals surface area contributed by atoms with Gasteiger partial charge in [0.05, 0.1) is 24.1 Å². The number of pyridine rings is 1. The van der Waals surface area contributed by atoms with Gasteiger partial charge >= 0.3 is 0 Å². The van der Waals surface area contributed by atoms with Gasteiger partial charge in [0.15, 0.2) is 0 Å². The zero-order valence-corrected chi connectivity index (χ0v) is 8.86. The Bertz CT molecular complexity index is 276. The molecule has 1 aromatic heterocycles. The van der Waals surface area contributed by atoms with Crippen LogP contribution >= 0.6 is 0 Å². The summed E-state index contributed by atoms with van der Waals surface area (Å²) in [7, 11) is 0. The molecule has 1 unspecified atom stereocenters. The number of aromatic nitrogens is 1. The monoisotopic (exact) mass is 194 g/mol. The smallest absolute Gasteiger partial charge is 0.0891 e. The normalized spacial score (nSPS) is 12.8. The molecular weight excluding hydrogens is 176 g/mol. The van der Waals surface area contributed by atoms with Crippen LogP contribution in [0.15, 0.2) is 18.2 Å². The summed E-state index contributed by atoms with van der Waals surface area (Å²) in [4.78, 5) is 4.35. The van der Waals surface area contributed by atoms with Crippen LogP contribution in [0.1, 0.15) is 31.7 Å². The number of ether oxygens (including phenoxy) is 1. The number of rotatable bonds is 5. The Morgan fingerprint density at radius 3 is 2.79 bits per heavy atom. The SMILES string of the molecule is CCC(C)OCc1cccc(CN)n1. The fraction of sp³-hybridized carbons (Fsp3) is 0.545. The van der Waals surface area contributed by atoms with Crippen molar-refractivity contribution in [3.8, 4) is 0 Å². The fourth-order valence-corrected chi connectivity index (χ4v) is 1.07. The number of nitrogens with two attached hydrogens (primary N) is 1. The number of hydrogen-bond donors (Lipinski definition) is 1. The van der Waals surface area contributed by atoms with Crippen LogP contribution in [0.3, 0.4) is 0 Å². The summed E-state index contributed by atoms with van der Waals surface area (Å²) in [6.45, 7) is 5.22. The highest BCUT2D eigenvalue weighted by Gasteiger charge is 2.00. The van der Waals surface area contributed by atoms with Gasteiger partial charge in [-0.3, -0.25) is 4.98 Å². The zero-order chi connectivity index (χ0) is 10.4. The van der Waals surface area contributed by atoms with Crippen molar-refractivity contribution in [2.75, 3.05) is 0 Å². The van der Waals surface area contributed by atoms with E-state index in [0.717, 1.165) is 17.8 Å². The molecule has 0 aliphatic rings. The second kappa shape index (κ2) is 5.73. The predicted octanol–water partition coefficient (Wildman–Crippen LogP) is 1.86. The lowest BCUT2D eigenvalue weighted by atomic mass is 10.3. The molecule has 0 amide bonds. The fourth-order valence-electron chi connectivity index (χ4n) is 1.07. The van der Waals surface area contributed by atoms with Crippen LogP contribution in [0.25, 0.3) is 0 Å². The molecule has 0 fully saturated rings. The molecule has 3 nitrogen and oxygen atoms in total. The van der Waals surface area contributed by atoms with Gasteiger partial charge in [-0.15, -0.1) is 0 Å². The van der Waals surface area contributed by atoms with Crippen LogP contribution in [0.5, 0.6) is 0 Å². The molecule has 0 aromatic carbocycles. The first kappa shape index (κ1) is 11.1. The van der Waals surface area contributed by atoms with Gasteiger partial charge in [0.2, 0.25) is 0 Å². The number of nitrogens with zero attached hydrogens (tertiary/aromatic N) is 1. The van der Waals surface area contributed by atoms with Gasteiger partial charge in [-0.05, 0) is 25.5 Å². The van der Waals surface area contributed by atoms with E-state index in [1.807, 2.05) is 18.2 Å². The molecule has 0 spiro atoms. The van der Waals surface area contributed by atoms with Crippen molar-refractivity contribution in [1.29, 1.82) is 0 Å². The van der Waals surface area contributed by atoms with Crippen molar-refractivity contribution in [3.63, 3.8) is 0 Å². The molecule has 1 aromatic rings. The lowest BCUT2D eigenvalue weighted by molar-refractivity contribution is 0.0488. The minimum atomic E-state index is 0.290. The van der Waals surface area contributed by atoms with Crippen LogP contribution in [0.2, 0.25) is 0 Å². The van der Waals surface area contributed by atoms with Crippen LogP contribution < -0.4 is 5.73 Å². The van der Waals surface area contributed by atoms with Crippen molar-refractivity contribution >= 4 is 0 Å². The second-order valence-corrected chi connectivity index (χ2v) is 3.35. The molecule has 1 heterocycles. The average molecular weight is 194 g/mol. The van der Waals surface area contributed by atoms with E-state index in [1.54, 1.807) is 0 Å². The van der Waals surface area contributed by atoms with Crippen LogP contribution in [0.4, 0.5) is 0 Å². The van der Waals surface area contributed by atoms with E-state index < -0.39 is 0 Å². The van der Waals surface area contributed by atoms with E-state index in [1.165, 1.54) is 0 Å². The first-order valence-corrected chi connectivity index (χ1v) is 5.02. The molecule has 2 N–H and O–H groups in total. The molecule has 0 saturated carbocycles. The molecule has 0 saturated heterocycles. The molecule has 0 radical (unpaired) electrons. The van der Waals surface area contributed by atoms with Crippen molar-refractivity contribution in [2.24, 2.45) is 5.73 Å². The Balaban J connectivity index is 2.50. The minimum Gasteiger partial charge on any atom is -0.372 e. The number of hydrogen-bond acceptors (Lipinski definition) is 3. The highest BCUT2D eigenvalue weighted by atomic mass is 16.5. The summed E-state index contributed by atoms with van der Waals surface area (Å²) in [5.41, 5.74) is 7.36. The Morgan fingerprint density at radius 1 is 1.43 bits per heavy atom. The van der Waals surface area contributed by atoms with E-state index in [0.29, 0.717) is 19.3 Å². The van der Waals surface area contributed by atoms with Crippen LogP contribution in [-0.4, -0.2) is 11.1 Å². The third-order valence-electron chi connectivity index (χ3n) is 2.16. The summed E-state index contributed by atoms with van der Waals surface area (Å²) in [5.74, 6) is 0. The summed E-state index contributed by atoms with van der Waals surface area (Å²) in [5, 5.41) is 0. The standard InChI is InChI=1S/C11H18N2O/c1-3-9(2)14-8-11-6-4-5-10(7-12)13-11/h4-6,9H,3,7-8,12H2,1-2H3. The predicted molar refractivity (Wildman–Crippen MR) is 56.7 cm³/mol. The van der Waals surface area contributed by atoms with E-state index in [-0.39, 0.29) is 0 Å². The van der Waals surface area contributed by atoms with Gasteiger partial charge < -0.3 is 10.5 Å². The molecular formula is C11H18N2O. The van der Waals surface area contributed by atoms with Crippen molar-refractivity contribution in [1.82, 2.24) is 4.98 Å². The van der Waals surface area contributed by atoms with E-state index >= 15 is 0 Å². The summed E-state index contributed by atoms with van der Waals surface area (Å²) in [6.07, 6.45) is 1.31. The maximum Gasteiger partial charge on any atom is 0.0891 e. The Labute approximate surface area is 85.3 Å². The van der Waals surface area contributed by atoms with Gasteiger partial charge in [-0.2, -0.15) is 0 Å². The maximum atomic E-state index is 5.57. The molecule has 0 aliphatic heterocycles. The summed E-state index contributed by atoms with van der Waals surface area (Å²) >= 11 is 0. The van der Waals surface area contributed by atoms with E-state index in [2.05, 4.69) is 18.8 Å². The molecule has 1 rings (SSSR count). The summed E-state index contributed by atoms with van der Waals surface area (Å²) in [6, 6.07) is 5.85.